The van der Waals surface area contributed by atoms with Crippen LogP contribution in [-0.2, 0) is 9.53 Å². The normalized spacial score (nSPS) is 12.5. The Morgan fingerprint density at radius 2 is 1.43 bits per heavy atom. The first-order valence-corrected chi connectivity index (χ1v) is 11.3. The molecule has 0 radical (unpaired) electrons. The van der Waals surface area contributed by atoms with E-state index in [0.29, 0.717) is 17.1 Å². The molecule has 3 rings (SSSR count). The van der Waals surface area contributed by atoms with E-state index >= 15 is 0 Å². The standard InChI is InChI=1S/C26H32N6O3/c1-25(2,3)23(33)27-19-15-13-17(14-16-19)20(32(7)24(34)35-26(4,5)6)22-30-28-21(29-31-22)18-11-9-8-10-12-18/h8-16,20H,1-7H3,(H,27,33). The van der Waals surface area contributed by atoms with Crippen molar-refractivity contribution < 1.29 is 14.3 Å². The first-order chi connectivity index (χ1) is 16.3. The fraction of sp³-hybridized carbons (Fsp3) is 0.385. The Balaban J connectivity index is 1.94. The maximum absolute atomic E-state index is 12.9. The first kappa shape index (κ1) is 25.7. The second-order valence-electron chi connectivity index (χ2n) is 10.3. The lowest BCUT2D eigenvalue weighted by Gasteiger charge is -2.30. The molecule has 1 atom stereocenters. The van der Waals surface area contributed by atoms with Crippen LogP contribution < -0.4 is 5.32 Å². The summed E-state index contributed by atoms with van der Waals surface area (Å²) in [5, 5.41) is 20.0. The van der Waals surface area contributed by atoms with E-state index < -0.39 is 23.2 Å². The monoisotopic (exact) mass is 476 g/mol. The largest absolute Gasteiger partial charge is 0.444 e. The Labute approximate surface area is 205 Å². The number of amides is 2. The van der Waals surface area contributed by atoms with Gasteiger partial charge in [0.2, 0.25) is 17.6 Å². The molecule has 35 heavy (non-hydrogen) atoms. The molecule has 1 unspecified atom stereocenters. The van der Waals surface area contributed by atoms with Crippen molar-refractivity contribution in [3.63, 3.8) is 0 Å². The Morgan fingerprint density at radius 3 is 1.94 bits per heavy atom. The molecule has 184 valence electrons. The van der Waals surface area contributed by atoms with Crippen LogP contribution in [0.3, 0.4) is 0 Å². The van der Waals surface area contributed by atoms with E-state index in [-0.39, 0.29) is 11.7 Å². The number of hydrogen-bond donors (Lipinski definition) is 1. The first-order valence-electron chi connectivity index (χ1n) is 11.3. The van der Waals surface area contributed by atoms with E-state index in [9.17, 15) is 9.59 Å². The van der Waals surface area contributed by atoms with Gasteiger partial charge in [0, 0.05) is 23.7 Å². The molecule has 2 aromatic carbocycles. The van der Waals surface area contributed by atoms with Gasteiger partial charge in [-0.15, -0.1) is 20.4 Å². The van der Waals surface area contributed by atoms with Crippen molar-refractivity contribution >= 4 is 17.7 Å². The van der Waals surface area contributed by atoms with Crippen LogP contribution in [-0.4, -0.2) is 49.9 Å². The maximum Gasteiger partial charge on any atom is 0.410 e. The van der Waals surface area contributed by atoms with Crippen LogP contribution >= 0.6 is 0 Å². The highest BCUT2D eigenvalue weighted by atomic mass is 16.6. The molecule has 2 amide bonds. The van der Waals surface area contributed by atoms with Gasteiger partial charge in [-0.05, 0) is 38.5 Å². The summed E-state index contributed by atoms with van der Waals surface area (Å²) in [6.45, 7) is 10.9. The summed E-state index contributed by atoms with van der Waals surface area (Å²) in [6.07, 6.45) is -0.539. The summed E-state index contributed by atoms with van der Waals surface area (Å²) in [5.74, 6) is 0.527. The number of nitrogens with one attached hydrogen (secondary N) is 1. The van der Waals surface area contributed by atoms with E-state index in [1.807, 2.05) is 51.1 Å². The molecule has 0 aliphatic carbocycles. The van der Waals surface area contributed by atoms with Crippen LogP contribution in [0.1, 0.15) is 59.0 Å². The van der Waals surface area contributed by atoms with Gasteiger partial charge in [-0.2, -0.15) is 0 Å². The van der Waals surface area contributed by atoms with Crippen LogP contribution in [0, 0.1) is 5.41 Å². The minimum atomic E-state index is -0.706. The average molecular weight is 477 g/mol. The van der Waals surface area contributed by atoms with Crippen molar-refractivity contribution in [3.8, 4) is 11.4 Å². The van der Waals surface area contributed by atoms with Gasteiger partial charge in [0.25, 0.3) is 0 Å². The summed E-state index contributed by atoms with van der Waals surface area (Å²) in [6, 6.07) is 15.8. The highest BCUT2D eigenvalue weighted by Gasteiger charge is 2.31. The number of carbonyl (C=O) groups excluding carboxylic acids is 2. The van der Waals surface area contributed by atoms with Gasteiger partial charge >= 0.3 is 6.09 Å². The third-order valence-corrected chi connectivity index (χ3v) is 5.01. The number of aromatic nitrogens is 4. The summed E-state index contributed by atoms with van der Waals surface area (Å²) in [7, 11) is 1.61. The molecule has 0 saturated carbocycles. The number of rotatable bonds is 5. The zero-order valence-corrected chi connectivity index (χ0v) is 21.2. The number of hydrogen-bond acceptors (Lipinski definition) is 7. The predicted octanol–water partition coefficient (Wildman–Crippen LogP) is 4.87. The number of carbonyl (C=O) groups is 2. The molecular formula is C26H32N6O3. The van der Waals surface area contributed by atoms with Crippen LogP contribution in [0.25, 0.3) is 11.4 Å². The van der Waals surface area contributed by atoms with E-state index in [1.165, 1.54) is 4.90 Å². The zero-order chi connectivity index (χ0) is 25.8. The third kappa shape index (κ3) is 6.81. The van der Waals surface area contributed by atoms with Crippen molar-refractivity contribution in [3.05, 3.63) is 66.0 Å². The molecule has 3 aromatic rings. The molecule has 1 aromatic heterocycles. The Kier molecular flexibility index (Phi) is 7.48. The van der Waals surface area contributed by atoms with Crippen molar-refractivity contribution in [1.82, 2.24) is 25.3 Å². The summed E-state index contributed by atoms with van der Waals surface area (Å²) in [4.78, 5) is 26.7. The molecule has 0 aliphatic heterocycles. The molecule has 0 aliphatic rings. The van der Waals surface area contributed by atoms with Crippen LogP contribution in [0.2, 0.25) is 0 Å². The predicted molar refractivity (Wildman–Crippen MR) is 133 cm³/mol. The van der Waals surface area contributed by atoms with Crippen molar-refractivity contribution in [2.45, 2.75) is 53.2 Å². The van der Waals surface area contributed by atoms with Gasteiger partial charge in [-0.25, -0.2) is 4.79 Å². The lowest BCUT2D eigenvalue weighted by Crippen LogP contribution is -2.38. The molecule has 1 N–H and O–H groups in total. The van der Waals surface area contributed by atoms with Gasteiger partial charge in [0.1, 0.15) is 11.6 Å². The van der Waals surface area contributed by atoms with Crippen molar-refractivity contribution in [1.29, 1.82) is 0 Å². The summed E-state index contributed by atoms with van der Waals surface area (Å²) in [5.41, 5.74) is 0.942. The van der Waals surface area contributed by atoms with E-state index in [2.05, 4.69) is 25.7 Å². The molecule has 1 heterocycles. The number of nitrogens with zero attached hydrogens (tertiary/aromatic N) is 5. The molecule has 0 fully saturated rings. The fourth-order valence-corrected chi connectivity index (χ4v) is 3.10. The molecule has 0 spiro atoms. The second-order valence-corrected chi connectivity index (χ2v) is 10.3. The minimum absolute atomic E-state index is 0.0964. The Hall–Kier alpha value is -3.88. The molecule has 0 bridgehead atoms. The quantitative estimate of drug-likeness (QED) is 0.559. The summed E-state index contributed by atoms with van der Waals surface area (Å²) >= 11 is 0. The second kappa shape index (κ2) is 10.2. The Bertz CT molecular complexity index is 1150. The average Bonchev–Trinajstić information content (AvgIpc) is 2.79. The number of anilines is 1. The van der Waals surface area contributed by atoms with Gasteiger partial charge in [-0.1, -0.05) is 63.2 Å². The fourth-order valence-electron chi connectivity index (χ4n) is 3.10. The topological polar surface area (TPSA) is 110 Å². The van der Waals surface area contributed by atoms with Crippen LogP contribution in [0.4, 0.5) is 10.5 Å². The van der Waals surface area contributed by atoms with Crippen molar-refractivity contribution in [2.75, 3.05) is 12.4 Å². The van der Waals surface area contributed by atoms with Crippen molar-refractivity contribution in [2.24, 2.45) is 5.41 Å². The zero-order valence-electron chi connectivity index (χ0n) is 21.2. The van der Waals surface area contributed by atoms with Gasteiger partial charge in [-0.3, -0.25) is 9.69 Å². The highest BCUT2D eigenvalue weighted by Crippen LogP contribution is 2.28. The number of benzene rings is 2. The highest BCUT2D eigenvalue weighted by molar-refractivity contribution is 5.94. The smallest absolute Gasteiger partial charge is 0.410 e. The van der Waals surface area contributed by atoms with Crippen LogP contribution in [0.15, 0.2) is 54.6 Å². The van der Waals surface area contributed by atoms with E-state index in [1.54, 1.807) is 52.1 Å². The molecule has 9 nitrogen and oxygen atoms in total. The number of ether oxygens (including phenoxy) is 1. The summed E-state index contributed by atoms with van der Waals surface area (Å²) < 4.78 is 5.56. The SMILES string of the molecule is CN(C(=O)OC(C)(C)C)C(c1ccc(NC(=O)C(C)(C)C)cc1)c1nnc(-c2ccccc2)nn1. The lowest BCUT2D eigenvalue weighted by atomic mass is 9.95. The third-order valence-electron chi connectivity index (χ3n) is 5.01. The molecule has 0 saturated heterocycles. The van der Waals surface area contributed by atoms with Gasteiger partial charge in [0.05, 0.1) is 0 Å². The Morgan fingerprint density at radius 1 is 0.857 bits per heavy atom. The lowest BCUT2D eigenvalue weighted by molar-refractivity contribution is -0.123. The van der Waals surface area contributed by atoms with Gasteiger partial charge < -0.3 is 10.1 Å². The minimum Gasteiger partial charge on any atom is -0.444 e. The maximum atomic E-state index is 12.9. The van der Waals surface area contributed by atoms with E-state index in [0.717, 1.165) is 5.56 Å². The molecular weight excluding hydrogens is 444 g/mol. The molecule has 9 heteroatoms. The van der Waals surface area contributed by atoms with Crippen LogP contribution in [0.5, 0.6) is 0 Å². The van der Waals surface area contributed by atoms with E-state index in [4.69, 9.17) is 4.74 Å². The van der Waals surface area contributed by atoms with Gasteiger partial charge in [0.15, 0.2) is 0 Å².